The molecule has 4 aromatic rings. The lowest BCUT2D eigenvalue weighted by molar-refractivity contribution is 0.394. The molecule has 0 saturated carbocycles. The first kappa shape index (κ1) is 31.2. The largest absolute Gasteiger partial charge is 0.367 e. The Kier molecular flexibility index (Phi) is 9.61. The fourth-order valence-electron chi connectivity index (χ4n) is 5.19. The average molecular weight is 618 g/mol. The summed E-state index contributed by atoms with van der Waals surface area (Å²) in [6.07, 6.45) is 2.46. The molecule has 1 aliphatic heterocycles. The van der Waals surface area contributed by atoms with Crippen molar-refractivity contribution in [1.82, 2.24) is 20.0 Å². The standard InChI is InChI=1S/C33H37ClFN7O2/c1-6-20(4)30(38-24-10-12-29(28(35)19-24)41-15-13-36-14-16-41)39-32-22(7-2)17-26(33(43)42(32)8-3)25-11-9-23(18-27(25)34)31-37-21(5)44-40-31/h7,9-12,17-20,36H,2,6,8,13-16H2,1,3-5H3,(H,38,39). The molecule has 5 rings (SSSR count). The van der Waals surface area contributed by atoms with E-state index in [9.17, 15) is 4.79 Å². The molecular weight excluding hydrogens is 581 g/mol. The van der Waals surface area contributed by atoms with Crippen LogP contribution in [0.15, 0.2) is 63.4 Å². The second-order valence-corrected chi connectivity index (χ2v) is 11.2. The summed E-state index contributed by atoms with van der Waals surface area (Å²) < 4.78 is 21.9. The molecule has 0 bridgehead atoms. The van der Waals surface area contributed by atoms with Crippen molar-refractivity contribution in [1.29, 1.82) is 0 Å². The zero-order valence-corrected chi connectivity index (χ0v) is 26.2. The molecule has 230 valence electrons. The number of aromatic nitrogens is 3. The smallest absolute Gasteiger partial charge is 0.260 e. The van der Waals surface area contributed by atoms with Crippen LogP contribution in [0.2, 0.25) is 5.02 Å². The van der Waals surface area contributed by atoms with Crippen LogP contribution in [0, 0.1) is 18.7 Å². The van der Waals surface area contributed by atoms with Crippen molar-refractivity contribution in [3.63, 3.8) is 0 Å². The van der Waals surface area contributed by atoms with Gasteiger partial charge in [-0.3, -0.25) is 9.36 Å². The number of nitrogens with one attached hydrogen (secondary N) is 2. The molecule has 1 unspecified atom stereocenters. The van der Waals surface area contributed by atoms with Gasteiger partial charge in [0, 0.05) is 78.5 Å². The first-order valence-electron chi connectivity index (χ1n) is 14.9. The van der Waals surface area contributed by atoms with Crippen LogP contribution >= 0.6 is 11.6 Å². The number of aryl methyl sites for hydroxylation is 1. The number of aliphatic imine (C=N–C) groups is 1. The molecule has 1 atom stereocenters. The van der Waals surface area contributed by atoms with Gasteiger partial charge in [-0.15, -0.1) is 0 Å². The highest BCUT2D eigenvalue weighted by Gasteiger charge is 2.20. The van der Waals surface area contributed by atoms with Gasteiger partial charge in [0.25, 0.3) is 5.56 Å². The highest BCUT2D eigenvalue weighted by molar-refractivity contribution is 6.33. The summed E-state index contributed by atoms with van der Waals surface area (Å²) >= 11 is 6.70. The topological polar surface area (TPSA) is 101 Å². The van der Waals surface area contributed by atoms with E-state index in [1.54, 1.807) is 47.9 Å². The minimum atomic E-state index is -0.292. The van der Waals surface area contributed by atoms with Gasteiger partial charge in [0.2, 0.25) is 11.7 Å². The van der Waals surface area contributed by atoms with Crippen molar-refractivity contribution in [3.8, 4) is 22.5 Å². The molecule has 0 aliphatic carbocycles. The Bertz CT molecular complexity index is 1760. The molecule has 1 fully saturated rings. The number of rotatable bonds is 9. The summed E-state index contributed by atoms with van der Waals surface area (Å²) in [4.78, 5) is 25.2. The van der Waals surface area contributed by atoms with Gasteiger partial charge in [-0.25, -0.2) is 9.38 Å². The van der Waals surface area contributed by atoms with E-state index < -0.39 is 0 Å². The average Bonchev–Trinajstić information content (AvgIpc) is 3.47. The van der Waals surface area contributed by atoms with E-state index in [-0.39, 0.29) is 17.3 Å². The van der Waals surface area contributed by atoms with E-state index in [1.165, 1.54) is 6.07 Å². The molecule has 2 aromatic carbocycles. The van der Waals surface area contributed by atoms with Crippen molar-refractivity contribution in [2.24, 2.45) is 10.9 Å². The minimum Gasteiger partial charge on any atom is -0.367 e. The van der Waals surface area contributed by atoms with E-state index in [0.29, 0.717) is 68.6 Å². The Morgan fingerprint density at radius 1 is 1.20 bits per heavy atom. The maximum atomic E-state index is 15.2. The third kappa shape index (κ3) is 6.46. The molecule has 3 heterocycles. The van der Waals surface area contributed by atoms with Gasteiger partial charge in [0.15, 0.2) is 0 Å². The van der Waals surface area contributed by atoms with Crippen LogP contribution in [-0.2, 0) is 6.54 Å². The van der Waals surface area contributed by atoms with Crippen LogP contribution in [0.25, 0.3) is 28.6 Å². The zero-order valence-electron chi connectivity index (χ0n) is 25.5. The third-order valence-electron chi connectivity index (χ3n) is 7.85. The van der Waals surface area contributed by atoms with Gasteiger partial charge in [-0.2, -0.15) is 4.98 Å². The SMILES string of the molecule is C=Cc1cc(-c2ccc(-c3noc(C)n3)cc2Cl)c(=O)n(CC)c1N=C(Nc1ccc(N2CCNCC2)c(F)c1)C(C)CC. The molecule has 2 N–H and O–H groups in total. The first-order chi connectivity index (χ1) is 21.2. The van der Waals surface area contributed by atoms with E-state index in [2.05, 4.69) is 34.3 Å². The highest BCUT2D eigenvalue weighted by Crippen LogP contribution is 2.33. The van der Waals surface area contributed by atoms with E-state index >= 15 is 4.39 Å². The number of nitrogens with zero attached hydrogens (tertiary/aromatic N) is 5. The lowest BCUT2D eigenvalue weighted by atomic mass is 10.0. The van der Waals surface area contributed by atoms with Gasteiger partial charge in [-0.05, 0) is 43.7 Å². The number of piperazine rings is 1. The number of halogens is 2. The monoisotopic (exact) mass is 617 g/mol. The molecule has 1 saturated heterocycles. The Balaban J connectivity index is 1.53. The summed E-state index contributed by atoms with van der Waals surface area (Å²) in [7, 11) is 0. The van der Waals surface area contributed by atoms with Crippen LogP contribution in [0.5, 0.6) is 0 Å². The van der Waals surface area contributed by atoms with E-state index in [4.69, 9.17) is 21.1 Å². The first-order valence-corrected chi connectivity index (χ1v) is 15.2. The quantitative estimate of drug-likeness (QED) is 0.155. The van der Waals surface area contributed by atoms with Crippen molar-refractivity contribution >= 4 is 40.7 Å². The van der Waals surface area contributed by atoms with Gasteiger partial charge in [0.05, 0.1) is 5.69 Å². The summed E-state index contributed by atoms with van der Waals surface area (Å²) in [6, 6.07) is 12.2. The van der Waals surface area contributed by atoms with Gasteiger partial charge in [-0.1, -0.05) is 55.4 Å². The summed E-state index contributed by atoms with van der Waals surface area (Å²) in [5, 5.41) is 11.0. The van der Waals surface area contributed by atoms with Crippen LogP contribution in [0.1, 0.15) is 38.6 Å². The van der Waals surface area contributed by atoms with Crippen molar-refractivity contribution < 1.29 is 8.91 Å². The van der Waals surface area contributed by atoms with E-state index in [1.807, 2.05) is 24.8 Å². The zero-order chi connectivity index (χ0) is 31.4. The Morgan fingerprint density at radius 2 is 1.98 bits per heavy atom. The summed E-state index contributed by atoms with van der Waals surface area (Å²) in [5.74, 6) is 1.66. The van der Waals surface area contributed by atoms with Gasteiger partial charge < -0.3 is 20.1 Å². The van der Waals surface area contributed by atoms with Crippen LogP contribution in [0.4, 0.5) is 21.6 Å². The third-order valence-corrected chi connectivity index (χ3v) is 8.17. The Labute approximate surface area is 261 Å². The lowest BCUT2D eigenvalue weighted by Crippen LogP contribution is -2.43. The number of anilines is 2. The maximum Gasteiger partial charge on any atom is 0.260 e. The summed E-state index contributed by atoms with van der Waals surface area (Å²) in [6.45, 7) is 15.2. The predicted molar refractivity (Wildman–Crippen MR) is 177 cm³/mol. The normalized spacial score (nSPS) is 14.5. The maximum absolute atomic E-state index is 15.2. The number of benzene rings is 2. The molecule has 44 heavy (non-hydrogen) atoms. The molecule has 0 spiro atoms. The number of amidine groups is 1. The van der Waals surface area contributed by atoms with Crippen molar-refractivity contribution in [2.75, 3.05) is 36.4 Å². The molecule has 0 radical (unpaired) electrons. The number of pyridine rings is 1. The summed E-state index contributed by atoms with van der Waals surface area (Å²) in [5.41, 5.74) is 3.27. The van der Waals surface area contributed by atoms with Crippen LogP contribution in [0.3, 0.4) is 0 Å². The van der Waals surface area contributed by atoms with Crippen molar-refractivity contribution in [3.05, 3.63) is 81.7 Å². The van der Waals surface area contributed by atoms with Crippen molar-refractivity contribution in [2.45, 2.75) is 40.7 Å². The molecular formula is C33H37ClFN7O2. The lowest BCUT2D eigenvalue weighted by Gasteiger charge is -2.30. The van der Waals surface area contributed by atoms with Crippen LogP contribution in [-0.4, -0.2) is 46.7 Å². The predicted octanol–water partition coefficient (Wildman–Crippen LogP) is 6.93. The van der Waals surface area contributed by atoms with E-state index in [0.717, 1.165) is 32.6 Å². The molecule has 11 heteroatoms. The highest BCUT2D eigenvalue weighted by atomic mass is 35.5. The van der Waals surface area contributed by atoms with Crippen LogP contribution < -0.4 is 21.1 Å². The second kappa shape index (κ2) is 13.6. The minimum absolute atomic E-state index is 0.000535. The Hall–Kier alpha value is -4.28. The molecule has 0 amide bonds. The number of hydrogen-bond donors (Lipinski definition) is 2. The molecule has 9 nitrogen and oxygen atoms in total. The van der Waals surface area contributed by atoms with Gasteiger partial charge >= 0.3 is 0 Å². The fourth-order valence-corrected chi connectivity index (χ4v) is 5.48. The van der Waals surface area contributed by atoms with Gasteiger partial charge in [0.1, 0.15) is 17.5 Å². The second-order valence-electron chi connectivity index (χ2n) is 10.8. The number of hydrogen-bond acceptors (Lipinski definition) is 7. The molecule has 1 aliphatic rings. The Morgan fingerprint density at radius 3 is 2.59 bits per heavy atom. The molecule has 2 aromatic heterocycles. The fraction of sp³-hybridized carbons (Fsp3) is 0.333.